The Balaban J connectivity index is 1.86. The molecule has 6 heteroatoms. The number of nitrogens with zero attached hydrogens (tertiary/aromatic N) is 2. The number of nitrogens with one attached hydrogen (secondary N) is 1. The summed E-state index contributed by atoms with van der Waals surface area (Å²) in [6.07, 6.45) is 3.39. The Hall–Kier alpha value is -2.01. The van der Waals surface area contributed by atoms with Gasteiger partial charge in [0.2, 0.25) is 0 Å². The zero-order valence-corrected chi connectivity index (χ0v) is 12.1. The molecular formula is C14H16ClN3O2. The van der Waals surface area contributed by atoms with Crippen LogP contribution in [0.15, 0.2) is 36.7 Å². The molecular weight excluding hydrogens is 278 g/mol. The average Bonchev–Trinajstić information content (AvgIpc) is 2.85. The smallest absolute Gasteiger partial charge is 0.262 e. The largest absolute Gasteiger partial charge is 0.484 e. The van der Waals surface area contributed by atoms with Crippen LogP contribution in [0.1, 0.15) is 19.9 Å². The highest BCUT2D eigenvalue weighted by Crippen LogP contribution is 2.17. The third-order valence-electron chi connectivity index (χ3n) is 2.58. The topological polar surface area (TPSA) is 56.2 Å². The molecule has 2 rings (SSSR count). The fourth-order valence-electron chi connectivity index (χ4n) is 1.59. The average molecular weight is 294 g/mol. The fourth-order valence-corrected chi connectivity index (χ4v) is 1.77. The number of aromatic nitrogens is 2. The van der Waals surface area contributed by atoms with Crippen LogP contribution < -0.4 is 10.1 Å². The molecule has 0 fully saturated rings. The van der Waals surface area contributed by atoms with E-state index in [-0.39, 0.29) is 18.6 Å². The Morgan fingerprint density at radius 3 is 2.95 bits per heavy atom. The van der Waals surface area contributed by atoms with E-state index in [4.69, 9.17) is 16.3 Å². The molecule has 0 unspecified atom stereocenters. The van der Waals surface area contributed by atoms with Gasteiger partial charge in [-0.3, -0.25) is 9.48 Å². The molecule has 0 saturated heterocycles. The summed E-state index contributed by atoms with van der Waals surface area (Å²) < 4.78 is 7.12. The van der Waals surface area contributed by atoms with Crippen molar-refractivity contribution < 1.29 is 9.53 Å². The normalized spacial score (nSPS) is 10.6. The summed E-state index contributed by atoms with van der Waals surface area (Å²) >= 11 is 5.83. The van der Waals surface area contributed by atoms with E-state index in [1.54, 1.807) is 41.3 Å². The van der Waals surface area contributed by atoms with E-state index >= 15 is 0 Å². The van der Waals surface area contributed by atoms with E-state index < -0.39 is 0 Å². The SMILES string of the molecule is CC(C)n1cc(NC(=O)COc2cccc(Cl)c2)cn1. The Morgan fingerprint density at radius 1 is 1.50 bits per heavy atom. The quantitative estimate of drug-likeness (QED) is 0.921. The molecule has 0 aliphatic rings. The minimum atomic E-state index is -0.242. The molecule has 0 aliphatic heterocycles. The number of carbonyl (C=O) groups excluding carboxylic acids is 1. The van der Waals surface area contributed by atoms with Crippen molar-refractivity contribution in [2.45, 2.75) is 19.9 Å². The van der Waals surface area contributed by atoms with Gasteiger partial charge in [-0.25, -0.2) is 0 Å². The Kier molecular flexibility index (Phi) is 4.63. The highest BCUT2D eigenvalue weighted by atomic mass is 35.5. The summed E-state index contributed by atoms with van der Waals surface area (Å²) in [7, 11) is 0. The maximum Gasteiger partial charge on any atom is 0.262 e. The first-order chi connectivity index (χ1) is 9.54. The van der Waals surface area contributed by atoms with Gasteiger partial charge in [-0.15, -0.1) is 0 Å². The second kappa shape index (κ2) is 6.43. The fraction of sp³-hybridized carbons (Fsp3) is 0.286. The second-order valence-electron chi connectivity index (χ2n) is 4.60. The van der Waals surface area contributed by atoms with Crippen LogP contribution in [0, 0.1) is 0 Å². The van der Waals surface area contributed by atoms with Crippen LogP contribution in [-0.2, 0) is 4.79 Å². The third-order valence-corrected chi connectivity index (χ3v) is 2.82. The highest BCUT2D eigenvalue weighted by Gasteiger charge is 2.07. The van der Waals surface area contributed by atoms with Crippen molar-refractivity contribution in [2.24, 2.45) is 0 Å². The number of ether oxygens (including phenoxy) is 1. The van der Waals surface area contributed by atoms with Gasteiger partial charge in [-0.1, -0.05) is 17.7 Å². The predicted octanol–water partition coefficient (Wildman–Crippen LogP) is 3.13. The zero-order valence-electron chi connectivity index (χ0n) is 11.3. The van der Waals surface area contributed by atoms with Crippen LogP contribution in [0.5, 0.6) is 5.75 Å². The van der Waals surface area contributed by atoms with Crippen LogP contribution in [0.25, 0.3) is 0 Å². The van der Waals surface area contributed by atoms with Crippen LogP contribution in [-0.4, -0.2) is 22.3 Å². The molecule has 20 heavy (non-hydrogen) atoms. The van der Waals surface area contributed by atoms with E-state index in [1.165, 1.54) is 0 Å². The molecule has 1 amide bonds. The number of halogens is 1. The summed E-state index contributed by atoms with van der Waals surface area (Å²) in [5.74, 6) is 0.318. The van der Waals surface area contributed by atoms with Crippen LogP contribution in [0.3, 0.4) is 0 Å². The number of anilines is 1. The Morgan fingerprint density at radius 2 is 2.30 bits per heavy atom. The first-order valence-corrected chi connectivity index (χ1v) is 6.65. The molecule has 0 aliphatic carbocycles. The lowest BCUT2D eigenvalue weighted by Gasteiger charge is -2.06. The van der Waals surface area contributed by atoms with Gasteiger partial charge in [-0.05, 0) is 32.0 Å². The summed E-state index contributed by atoms with van der Waals surface area (Å²) in [5.41, 5.74) is 0.651. The van der Waals surface area contributed by atoms with Crippen molar-refractivity contribution in [3.8, 4) is 5.75 Å². The van der Waals surface area contributed by atoms with Crippen molar-refractivity contribution in [3.63, 3.8) is 0 Å². The van der Waals surface area contributed by atoms with Gasteiger partial charge < -0.3 is 10.1 Å². The first-order valence-electron chi connectivity index (χ1n) is 6.27. The molecule has 0 spiro atoms. The first kappa shape index (κ1) is 14.4. The van der Waals surface area contributed by atoms with Crippen molar-refractivity contribution in [1.29, 1.82) is 0 Å². The van der Waals surface area contributed by atoms with Gasteiger partial charge in [-0.2, -0.15) is 5.10 Å². The number of rotatable bonds is 5. The molecule has 2 aromatic rings. The number of hydrogen-bond acceptors (Lipinski definition) is 3. The van der Waals surface area contributed by atoms with Gasteiger partial charge in [0.1, 0.15) is 5.75 Å². The second-order valence-corrected chi connectivity index (χ2v) is 5.03. The molecule has 1 heterocycles. The van der Waals surface area contributed by atoms with Crippen molar-refractivity contribution in [2.75, 3.05) is 11.9 Å². The Bertz CT molecular complexity index is 596. The number of carbonyl (C=O) groups is 1. The van der Waals surface area contributed by atoms with E-state index in [0.29, 0.717) is 16.5 Å². The van der Waals surface area contributed by atoms with Gasteiger partial charge in [0.15, 0.2) is 6.61 Å². The van der Waals surface area contributed by atoms with Crippen molar-refractivity contribution in [3.05, 3.63) is 41.7 Å². The molecule has 0 radical (unpaired) electrons. The van der Waals surface area contributed by atoms with Crippen LogP contribution in [0.4, 0.5) is 5.69 Å². The monoisotopic (exact) mass is 293 g/mol. The lowest BCUT2D eigenvalue weighted by atomic mass is 10.3. The van der Waals surface area contributed by atoms with Crippen molar-refractivity contribution in [1.82, 2.24) is 9.78 Å². The van der Waals surface area contributed by atoms with Gasteiger partial charge >= 0.3 is 0 Å². The summed E-state index contributed by atoms with van der Waals surface area (Å²) in [6.45, 7) is 3.95. The molecule has 1 aromatic heterocycles. The Labute approximate surface area is 122 Å². The molecule has 0 bridgehead atoms. The van der Waals surface area contributed by atoms with Crippen molar-refractivity contribution >= 4 is 23.2 Å². The standard InChI is InChI=1S/C14H16ClN3O2/c1-10(2)18-8-12(7-16-18)17-14(19)9-20-13-5-3-4-11(15)6-13/h3-8,10H,9H2,1-2H3,(H,17,19). The van der Waals surface area contributed by atoms with Crippen LogP contribution in [0.2, 0.25) is 5.02 Å². The number of benzene rings is 1. The van der Waals surface area contributed by atoms with Gasteiger partial charge in [0.25, 0.3) is 5.91 Å². The van der Waals surface area contributed by atoms with Gasteiger partial charge in [0.05, 0.1) is 11.9 Å². The lowest BCUT2D eigenvalue weighted by molar-refractivity contribution is -0.118. The number of amides is 1. The zero-order chi connectivity index (χ0) is 14.5. The lowest BCUT2D eigenvalue weighted by Crippen LogP contribution is -2.19. The minimum absolute atomic E-state index is 0.0762. The third kappa shape index (κ3) is 3.99. The molecule has 5 nitrogen and oxygen atoms in total. The van der Waals surface area contributed by atoms with E-state index in [9.17, 15) is 4.79 Å². The number of hydrogen-bond donors (Lipinski definition) is 1. The van der Waals surface area contributed by atoms with E-state index in [1.807, 2.05) is 13.8 Å². The highest BCUT2D eigenvalue weighted by molar-refractivity contribution is 6.30. The van der Waals surface area contributed by atoms with Gasteiger partial charge in [0, 0.05) is 17.3 Å². The molecule has 1 N–H and O–H groups in total. The predicted molar refractivity (Wildman–Crippen MR) is 78.2 cm³/mol. The van der Waals surface area contributed by atoms with Crippen LogP contribution >= 0.6 is 11.6 Å². The van der Waals surface area contributed by atoms with E-state index in [2.05, 4.69) is 10.4 Å². The summed E-state index contributed by atoms with van der Waals surface area (Å²) in [5, 5.41) is 7.43. The maximum atomic E-state index is 11.7. The minimum Gasteiger partial charge on any atom is -0.484 e. The summed E-state index contributed by atoms with van der Waals surface area (Å²) in [6, 6.07) is 7.17. The molecule has 106 valence electrons. The summed E-state index contributed by atoms with van der Waals surface area (Å²) in [4.78, 5) is 11.7. The molecule has 1 aromatic carbocycles. The van der Waals surface area contributed by atoms with E-state index in [0.717, 1.165) is 0 Å². The maximum absolute atomic E-state index is 11.7. The molecule has 0 atom stereocenters. The molecule has 0 saturated carbocycles.